The van der Waals surface area contributed by atoms with E-state index in [4.69, 9.17) is 0 Å². The fourth-order valence-electron chi connectivity index (χ4n) is 4.46. The second-order valence-corrected chi connectivity index (χ2v) is 8.54. The first-order chi connectivity index (χ1) is 14.6. The first-order valence-corrected chi connectivity index (χ1v) is 10.4. The number of likely N-dealkylation sites (tertiary alicyclic amines) is 1. The molecule has 1 amide bonds. The summed E-state index contributed by atoms with van der Waals surface area (Å²) < 4.78 is 38.3. The van der Waals surface area contributed by atoms with Gasteiger partial charge in [-0.3, -0.25) is 9.69 Å². The van der Waals surface area contributed by atoms with Gasteiger partial charge in [-0.25, -0.2) is 0 Å². The number of anilines is 2. The minimum atomic E-state index is -4.33. The van der Waals surface area contributed by atoms with Crippen molar-refractivity contribution in [3.8, 4) is 0 Å². The summed E-state index contributed by atoms with van der Waals surface area (Å²) >= 11 is 0. The molecule has 31 heavy (non-hydrogen) atoms. The molecule has 1 aromatic rings. The number of piperidine rings is 1. The van der Waals surface area contributed by atoms with Gasteiger partial charge in [0.25, 0.3) is 0 Å². The van der Waals surface area contributed by atoms with Crippen LogP contribution in [0.15, 0.2) is 42.0 Å². The van der Waals surface area contributed by atoms with Gasteiger partial charge in [0.15, 0.2) is 0 Å². The third-order valence-electron chi connectivity index (χ3n) is 6.22. The minimum absolute atomic E-state index is 0.0442. The van der Waals surface area contributed by atoms with Crippen LogP contribution < -0.4 is 10.6 Å². The number of rotatable bonds is 4. The van der Waals surface area contributed by atoms with E-state index in [0.29, 0.717) is 38.0 Å². The summed E-state index contributed by atoms with van der Waals surface area (Å²) in [5.41, 5.74) is 0.609. The average Bonchev–Trinajstić information content (AvgIpc) is 3.07. The standard InChI is InChI=1S/C22H26F3N3O3/c23-22(24,25)15-1-4-17(5-2-15)28-9-7-21(31,8-10-28)13-20(30)26-16-3-6-18-14(11-16)12-19(29)27-18/h1-4,6,11,17,19,27,29,31H,5,7-10,12-13H2,(H,26,30). The van der Waals surface area contributed by atoms with Gasteiger partial charge in [0.2, 0.25) is 5.91 Å². The topological polar surface area (TPSA) is 84.8 Å². The highest BCUT2D eigenvalue weighted by Crippen LogP contribution is 2.33. The largest absolute Gasteiger partial charge is 0.416 e. The van der Waals surface area contributed by atoms with Gasteiger partial charge in [0, 0.05) is 36.9 Å². The Morgan fingerprint density at radius 2 is 2.03 bits per heavy atom. The number of benzene rings is 1. The third kappa shape index (κ3) is 5.11. The molecule has 1 fully saturated rings. The quantitative estimate of drug-likeness (QED) is 0.582. The summed E-state index contributed by atoms with van der Waals surface area (Å²) in [4.78, 5) is 14.5. The zero-order valence-electron chi connectivity index (χ0n) is 17.0. The molecule has 0 saturated carbocycles. The molecule has 3 aliphatic rings. The molecule has 6 nitrogen and oxygen atoms in total. The van der Waals surface area contributed by atoms with Gasteiger partial charge in [-0.15, -0.1) is 0 Å². The van der Waals surface area contributed by atoms with Crippen molar-refractivity contribution < 1.29 is 28.2 Å². The van der Waals surface area contributed by atoms with E-state index in [-0.39, 0.29) is 24.8 Å². The number of nitrogens with one attached hydrogen (secondary N) is 2. The maximum absolute atomic E-state index is 12.8. The molecule has 0 aromatic heterocycles. The zero-order chi connectivity index (χ0) is 22.2. The van der Waals surface area contributed by atoms with Crippen LogP contribution in [0.1, 0.15) is 31.2 Å². The molecule has 2 aliphatic heterocycles. The monoisotopic (exact) mass is 437 g/mol. The van der Waals surface area contributed by atoms with E-state index < -0.39 is 23.6 Å². The fourth-order valence-corrected chi connectivity index (χ4v) is 4.46. The van der Waals surface area contributed by atoms with Gasteiger partial charge in [-0.05, 0) is 43.0 Å². The number of fused-ring (bicyclic) bond motifs is 1. The lowest BCUT2D eigenvalue weighted by atomic mass is 9.86. The van der Waals surface area contributed by atoms with Crippen molar-refractivity contribution >= 4 is 17.3 Å². The number of allylic oxidation sites excluding steroid dienone is 2. The normalized spacial score (nSPS) is 25.5. The smallest absolute Gasteiger partial charge is 0.389 e. The highest BCUT2D eigenvalue weighted by molar-refractivity contribution is 5.91. The van der Waals surface area contributed by atoms with E-state index in [1.807, 2.05) is 4.90 Å². The number of carbonyl (C=O) groups is 1. The molecule has 4 N–H and O–H groups in total. The van der Waals surface area contributed by atoms with Crippen molar-refractivity contribution in [2.24, 2.45) is 0 Å². The van der Waals surface area contributed by atoms with Gasteiger partial charge in [0.05, 0.1) is 17.6 Å². The van der Waals surface area contributed by atoms with E-state index in [9.17, 15) is 28.2 Å². The van der Waals surface area contributed by atoms with Gasteiger partial charge < -0.3 is 20.8 Å². The van der Waals surface area contributed by atoms with Crippen LogP contribution in [0.2, 0.25) is 0 Å². The van der Waals surface area contributed by atoms with Gasteiger partial charge in [0.1, 0.15) is 6.23 Å². The Bertz CT molecular complexity index is 905. The Balaban J connectivity index is 1.27. The lowest BCUT2D eigenvalue weighted by Crippen LogP contribution is -2.49. The Kier molecular flexibility index (Phi) is 5.85. The molecule has 0 bridgehead atoms. The van der Waals surface area contributed by atoms with Crippen LogP contribution in [0, 0.1) is 0 Å². The second kappa shape index (κ2) is 8.29. The van der Waals surface area contributed by atoms with Crippen LogP contribution in [0.3, 0.4) is 0 Å². The summed E-state index contributed by atoms with van der Waals surface area (Å²) in [6, 6.07) is 5.22. The maximum Gasteiger partial charge on any atom is 0.416 e. The molecule has 168 valence electrons. The van der Waals surface area contributed by atoms with E-state index in [2.05, 4.69) is 10.6 Å². The first-order valence-electron chi connectivity index (χ1n) is 10.4. The molecule has 1 saturated heterocycles. The molecule has 2 unspecified atom stereocenters. The number of halogens is 3. The number of hydrogen-bond acceptors (Lipinski definition) is 5. The summed E-state index contributed by atoms with van der Waals surface area (Å²) in [7, 11) is 0. The number of amides is 1. The molecule has 4 rings (SSSR count). The van der Waals surface area contributed by atoms with Crippen LogP contribution in [0.4, 0.5) is 24.5 Å². The summed E-state index contributed by atoms with van der Waals surface area (Å²) in [6.07, 6.45) is 0.407. The Morgan fingerprint density at radius 3 is 2.68 bits per heavy atom. The highest BCUT2D eigenvalue weighted by Gasteiger charge is 2.38. The van der Waals surface area contributed by atoms with E-state index in [1.165, 1.54) is 6.08 Å². The van der Waals surface area contributed by atoms with Crippen LogP contribution in [-0.4, -0.2) is 58.2 Å². The van der Waals surface area contributed by atoms with Crippen LogP contribution in [-0.2, 0) is 11.2 Å². The summed E-state index contributed by atoms with van der Waals surface area (Å²) in [5.74, 6) is -0.294. The lowest BCUT2D eigenvalue weighted by molar-refractivity contribution is -0.123. The van der Waals surface area contributed by atoms with E-state index in [0.717, 1.165) is 17.3 Å². The molecular formula is C22H26F3N3O3. The number of alkyl halides is 3. The van der Waals surface area contributed by atoms with Crippen molar-refractivity contribution in [3.63, 3.8) is 0 Å². The molecule has 2 atom stereocenters. The van der Waals surface area contributed by atoms with Crippen molar-refractivity contribution in [2.75, 3.05) is 23.7 Å². The summed E-state index contributed by atoms with van der Waals surface area (Å²) in [6.45, 7) is 1.02. The zero-order valence-corrected chi connectivity index (χ0v) is 17.0. The Hall–Kier alpha value is -2.36. The molecule has 9 heteroatoms. The number of aliphatic hydroxyl groups excluding tert-OH is 1. The summed E-state index contributed by atoms with van der Waals surface area (Å²) in [5, 5.41) is 26.2. The minimum Gasteiger partial charge on any atom is -0.389 e. The van der Waals surface area contributed by atoms with Gasteiger partial charge in [-0.1, -0.05) is 18.2 Å². The number of carbonyl (C=O) groups excluding carboxylic acids is 1. The fraction of sp³-hybridized carbons (Fsp3) is 0.500. The van der Waals surface area contributed by atoms with E-state index in [1.54, 1.807) is 24.3 Å². The molecule has 2 heterocycles. The number of aliphatic hydroxyl groups is 2. The lowest BCUT2D eigenvalue weighted by Gasteiger charge is -2.41. The van der Waals surface area contributed by atoms with Crippen molar-refractivity contribution in [3.05, 3.63) is 47.6 Å². The molecule has 1 aliphatic carbocycles. The van der Waals surface area contributed by atoms with Crippen molar-refractivity contribution in [1.82, 2.24) is 4.90 Å². The predicted octanol–water partition coefficient (Wildman–Crippen LogP) is 2.95. The second-order valence-electron chi connectivity index (χ2n) is 8.54. The van der Waals surface area contributed by atoms with Crippen LogP contribution in [0.5, 0.6) is 0 Å². The van der Waals surface area contributed by atoms with Crippen molar-refractivity contribution in [1.29, 1.82) is 0 Å². The van der Waals surface area contributed by atoms with Crippen molar-refractivity contribution in [2.45, 2.75) is 56.2 Å². The van der Waals surface area contributed by atoms with Gasteiger partial charge >= 0.3 is 6.18 Å². The Labute approximate surface area is 178 Å². The molecule has 0 radical (unpaired) electrons. The maximum atomic E-state index is 12.8. The highest BCUT2D eigenvalue weighted by atomic mass is 19.4. The molecule has 1 aromatic carbocycles. The Morgan fingerprint density at radius 1 is 1.29 bits per heavy atom. The average molecular weight is 437 g/mol. The van der Waals surface area contributed by atoms with Gasteiger partial charge in [-0.2, -0.15) is 13.2 Å². The molecule has 0 spiro atoms. The predicted molar refractivity (Wildman–Crippen MR) is 110 cm³/mol. The molecular weight excluding hydrogens is 411 g/mol. The van der Waals surface area contributed by atoms with Crippen LogP contribution in [0.25, 0.3) is 0 Å². The van der Waals surface area contributed by atoms with E-state index >= 15 is 0 Å². The number of nitrogens with zero attached hydrogens (tertiary/aromatic N) is 1. The number of hydrogen-bond donors (Lipinski definition) is 4. The first kappa shape index (κ1) is 21.9. The third-order valence-corrected chi connectivity index (χ3v) is 6.22. The SMILES string of the molecule is O=C(CC1(O)CCN(C2C=CC(C(F)(F)F)=CC2)CC1)Nc1ccc2c(c1)CC(O)N2. The van der Waals surface area contributed by atoms with Crippen LogP contribution >= 0.6 is 0 Å².